The molecule has 2 aromatic rings. The van der Waals surface area contributed by atoms with E-state index in [-0.39, 0.29) is 0 Å². The number of aromatic nitrogens is 2. The summed E-state index contributed by atoms with van der Waals surface area (Å²) in [6.07, 6.45) is 2.19. The van der Waals surface area contributed by atoms with E-state index in [1.54, 1.807) is 11.7 Å². The molecule has 0 atom stereocenters. The zero-order valence-corrected chi connectivity index (χ0v) is 14.0. The molecule has 1 aliphatic rings. The molecule has 0 amide bonds. The van der Waals surface area contributed by atoms with Crippen LogP contribution in [0.2, 0.25) is 0 Å². The molecule has 1 heterocycles. The van der Waals surface area contributed by atoms with Crippen LogP contribution in [0.3, 0.4) is 0 Å². The summed E-state index contributed by atoms with van der Waals surface area (Å²) in [5, 5.41) is 7.90. The number of halogens is 3. The van der Waals surface area contributed by atoms with Gasteiger partial charge < -0.3 is 5.32 Å². The molecular weight excluding hydrogens is 315 g/mol. The van der Waals surface area contributed by atoms with Gasteiger partial charge in [0.2, 0.25) is 0 Å². The summed E-state index contributed by atoms with van der Waals surface area (Å²) in [5.41, 5.74) is 2.93. The molecule has 0 unspecified atom stereocenters. The van der Waals surface area contributed by atoms with Crippen molar-refractivity contribution < 1.29 is 13.2 Å². The zero-order chi connectivity index (χ0) is 17.3. The molecule has 1 aromatic carbocycles. The number of hydrogen-bond acceptors (Lipinski definition) is 2. The highest BCUT2D eigenvalue weighted by molar-refractivity contribution is 5.64. The predicted octanol–water partition coefficient (Wildman–Crippen LogP) is 4.04. The van der Waals surface area contributed by atoms with Crippen molar-refractivity contribution in [2.75, 3.05) is 0 Å². The van der Waals surface area contributed by atoms with Gasteiger partial charge >= 0.3 is 0 Å². The molecule has 0 bridgehead atoms. The minimum absolute atomic E-state index is 0.300. The van der Waals surface area contributed by atoms with Crippen LogP contribution in [0.1, 0.15) is 36.9 Å². The van der Waals surface area contributed by atoms with E-state index in [0.29, 0.717) is 36.7 Å². The maximum absolute atomic E-state index is 13.5. The van der Waals surface area contributed by atoms with Crippen molar-refractivity contribution in [2.24, 2.45) is 7.05 Å². The minimum Gasteiger partial charge on any atom is -0.308 e. The van der Waals surface area contributed by atoms with Gasteiger partial charge in [-0.3, -0.25) is 4.68 Å². The van der Waals surface area contributed by atoms with Crippen LogP contribution >= 0.6 is 0 Å². The molecule has 1 saturated carbocycles. The van der Waals surface area contributed by atoms with Gasteiger partial charge in [0, 0.05) is 31.3 Å². The van der Waals surface area contributed by atoms with Crippen LogP contribution in [0.5, 0.6) is 0 Å². The largest absolute Gasteiger partial charge is 0.308 e. The van der Waals surface area contributed by atoms with Gasteiger partial charge in [-0.15, -0.1) is 0 Å². The molecule has 24 heavy (non-hydrogen) atoms. The van der Waals surface area contributed by atoms with E-state index in [1.807, 2.05) is 6.92 Å². The lowest BCUT2D eigenvalue weighted by Crippen LogP contribution is -2.33. The van der Waals surface area contributed by atoms with Crippen LogP contribution < -0.4 is 5.32 Å². The summed E-state index contributed by atoms with van der Waals surface area (Å²) < 4.78 is 41.8. The summed E-state index contributed by atoms with van der Waals surface area (Å²) in [5.74, 6) is -1.21. The number of alkyl halides is 1. The lowest BCUT2D eigenvalue weighted by atomic mass is 9.94. The Bertz CT molecular complexity index is 698. The molecule has 0 spiro atoms. The third-order valence-electron chi connectivity index (χ3n) is 4.73. The van der Waals surface area contributed by atoms with Crippen LogP contribution in [-0.4, -0.2) is 22.0 Å². The lowest BCUT2D eigenvalue weighted by molar-refractivity contribution is 0.219. The highest BCUT2D eigenvalue weighted by atomic mass is 19.1. The number of aryl methyl sites for hydroxylation is 1. The Morgan fingerprint density at radius 1 is 1.12 bits per heavy atom. The Kier molecular flexibility index (Phi) is 4.94. The summed E-state index contributed by atoms with van der Waals surface area (Å²) in [7, 11) is 1.77. The maximum atomic E-state index is 13.5. The van der Waals surface area contributed by atoms with Gasteiger partial charge in [-0.1, -0.05) is 0 Å². The van der Waals surface area contributed by atoms with Gasteiger partial charge in [0.05, 0.1) is 11.4 Å². The molecule has 0 saturated heterocycles. The quantitative estimate of drug-likeness (QED) is 0.912. The molecule has 3 rings (SSSR count). The highest BCUT2D eigenvalue weighted by Crippen LogP contribution is 2.27. The fourth-order valence-corrected chi connectivity index (χ4v) is 3.45. The molecular formula is C18H22F3N3. The van der Waals surface area contributed by atoms with Crippen molar-refractivity contribution in [2.45, 2.75) is 51.4 Å². The number of nitrogens with one attached hydrogen (secondary N) is 1. The van der Waals surface area contributed by atoms with Crippen molar-refractivity contribution in [1.82, 2.24) is 15.1 Å². The fraction of sp³-hybridized carbons (Fsp3) is 0.500. The highest BCUT2D eigenvalue weighted by Gasteiger charge is 2.21. The number of benzene rings is 1. The van der Waals surface area contributed by atoms with Gasteiger partial charge in [-0.25, -0.2) is 13.2 Å². The van der Waals surface area contributed by atoms with Gasteiger partial charge in [0.1, 0.15) is 17.8 Å². The maximum Gasteiger partial charge on any atom is 0.126 e. The average molecular weight is 337 g/mol. The van der Waals surface area contributed by atoms with Crippen LogP contribution in [0.15, 0.2) is 18.2 Å². The van der Waals surface area contributed by atoms with Crippen molar-refractivity contribution in [1.29, 1.82) is 0 Å². The molecule has 1 aliphatic carbocycles. The summed E-state index contributed by atoms with van der Waals surface area (Å²) in [6.45, 7) is 2.47. The van der Waals surface area contributed by atoms with Gasteiger partial charge in [-0.05, 0) is 50.3 Å². The second kappa shape index (κ2) is 6.97. The van der Waals surface area contributed by atoms with Gasteiger partial charge in [-0.2, -0.15) is 5.10 Å². The molecule has 1 fully saturated rings. The Labute approximate surface area is 139 Å². The Hall–Kier alpha value is -1.82. The Morgan fingerprint density at radius 3 is 2.38 bits per heavy atom. The normalized spacial score (nSPS) is 21.2. The molecule has 1 aromatic heterocycles. The van der Waals surface area contributed by atoms with Gasteiger partial charge in [0.25, 0.3) is 0 Å². The smallest absolute Gasteiger partial charge is 0.126 e. The van der Waals surface area contributed by atoms with Crippen molar-refractivity contribution in [3.63, 3.8) is 0 Å². The van der Waals surface area contributed by atoms with E-state index < -0.39 is 17.8 Å². The fourth-order valence-electron chi connectivity index (χ4n) is 3.45. The predicted molar refractivity (Wildman–Crippen MR) is 87.3 cm³/mol. The van der Waals surface area contributed by atoms with Crippen LogP contribution in [0, 0.1) is 18.6 Å². The van der Waals surface area contributed by atoms with Crippen LogP contribution in [0.25, 0.3) is 11.3 Å². The molecule has 3 nitrogen and oxygen atoms in total. The lowest BCUT2D eigenvalue weighted by Gasteiger charge is -2.24. The van der Waals surface area contributed by atoms with Crippen LogP contribution in [0.4, 0.5) is 13.2 Å². The minimum atomic E-state index is -0.672. The van der Waals surface area contributed by atoms with E-state index in [4.69, 9.17) is 0 Å². The van der Waals surface area contributed by atoms with Gasteiger partial charge in [0.15, 0.2) is 0 Å². The molecule has 0 aliphatic heterocycles. The zero-order valence-electron chi connectivity index (χ0n) is 14.0. The summed E-state index contributed by atoms with van der Waals surface area (Å²) in [4.78, 5) is 0. The van der Waals surface area contributed by atoms with E-state index in [2.05, 4.69) is 10.4 Å². The van der Waals surface area contributed by atoms with Crippen LogP contribution in [-0.2, 0) is 13.6 Å². The van der Waals surface area contributed by atoms with E-state index in [0.717, 1.165) is 30.2 Å². The van der Waals surface area contributed by atoms with Crippen molar-refractivity contribution >= 4 is 0 Å². The molecule has 0 radical (unpaired) electrons. The monoisotopic (exact) mass is 337 g/mol. The first-order chi connectivity index (χ1) is 11.4. The Balaban J connectivity index is 1.76. The SMILES string of the molecule is Cc1c(CNC2CCC(F)CC2)nn(C)c1-c1cc(F)cc(F)c1. The average Bonchev–Trinajstić information content (AvgIpc) is 2.80. The van der Waals surface area contributed by atoms with E-state index in [1.165, 1.54) is 12.1 Å². The molecule has 1 N–H and O–H groups in total. The number of hydrogen-bond donors (Lipinski definition) is 1. The second-order valence-corrected chi connectivity index (χ2v) is 6.53. The summed E-state index contributed by atoms with van der Waals surface area (Å²) in [6, 6.07) is 3.78. The first kappa shape index (κ1) is 17.0. The first-order valence-corrected chi connectivity index (χ1v) is 8.30. The standard InChI is InChI=1S/C18H22F3N3/c1-11-17(10-22-16-5-3-13(19)4-6-16)23-24(2)18(11)12-7-14(20)9-15(21)8-12/h7-9,13,16,22H,3-6,10H2,1-2H3. The van der Waals surface area contributed by atoms with E-state index in [9.17, 15) is 13.2 Å². The molecule has 130 valence electrons. The molecule has 6 heteroatoms. The number of rotatable bonds is 4. The third-order valence-corrected chi connectivity index (χ3v) is 4.73. The second-order valence-electron chi connectivity index (χ2n) is 6.53. The van der Waals surface area contributed by atoms with Crippen molar-refractivity contribution in [3.8, 4) is 11.3 Å². The van der Waals surface area contributed by atoms with Crippen molar-refractivity contribution in [3.05, 3.63) is 41.1 Å². The first-order valence-electron chi connectivity index (χ1n) is 8.30. The topological polar surface area (TPSA) is 29.9 Å². The third kappa shape index (κ3) is 3.64. The number of nitrogens with zero attached hydrogens (tertiary/aromatic N) is 2. The summed E-state index contributed by atoms with van der Waals surface area (Å²) >= 11 is 0. The van der Waals surface area contributed by atoms with E-state index >= 15 is 0 Å². The Morgan fingerprint density at radius 2 is 1.75 bits per heavy atom.